The molecule has 0 radical (unpaired) electrons. The zero-order valence-corrected chi connectivity index (χ0v) is 51.4. The van der Waals surface area contributed by atoms with Crippen LogP contribution in [0.25, 0.3) is 32.7 Å². The van der Waals surface area contributed by atoms with Crippen molar-refractivity contribution in [2.75, 3.05) is 44.9 Å². The quantitative estimate of drug-likeness (QED) is 0.0111. The fraction of sp³-hybridized carbons (Fsp3) is 0.322. The third-order valence-corrected chi connectivity index (χ3v) is 19.8. The van der Waals surface area contributed by atoms with E-state index in [1.54, 1.807) is 49.6 Å². The van der Waals surface area contributed by atoms with Gasteiger partial charge in [0, 0.05) is 77.7 Å². The van der Waals surface area contributed by atoms with Crippen molar-refractivity contribution in [1.29, 1.82) is 0 Å². The number of rotatable bonds is 26. The summed E-state index contributed by atoms with van der Waals surface area (Å²) in [7, 11) is -22.2. The molecule has 85 heavy (non-hydrogen) atoms. The van der Waals surface area contributed by atoms with Gasteiger partial charge in [0.05, 0.1) is 40.4 Å². The Balaban J connectivity index is 0.935. The van der Waals surface area contributed by atoms with Gasteiger partial charge in [-0.05, 0) is 134 Å². The number of ether oxygens (including phenoxy) is 2. The number of carbonyl (C=O) groups excluding carboxylic acids is 1. The van der Waals surface area contributed by atoms with Crippen molar-refractivity contribution in [3.63, 3.8) is 0 Å². The predicted molar refractivity (Wildman–Crippen MR) is 321 cm³/mol. The first-order valence-corrected chi connectivity index (χ1v) is 34.1. The number of benzene rings is 6. The minimum Gasteiger partial charge on any atom is -0.497 e. The van der Waals surface area contributed by atoms with Gasteiger partial charge in [0.25, 0.3) is 50.5 Å². The highest BCUT2D eigenvalue weighted by Crippen LogP contribution is 2.52. The molecule has 0 fully saturated rings. The van der Waals surface area contributed by atoms with Crippen LogP contribution < -0.4 is 14.5 Å². The average molecular weight is 1270 g/mol. The molecule has 5 N–H and O–H groups in total. The van der Waals surface area contributed by atoms with Crippen LogP contribution in [-0.2, 0) is 75.7 Å². The molecule has 2 heterocycles. The number of hydrogen-bond acceptors (Lipinski definition) is 15. The second-order valence-electron chi connectivity index (χ2n) is 21.4. The molecular formula is C59H66N3O18S5+. The topological polar surface area (TPSA) is 315 Å². The number of likely N-dealkylation sites (N-methyl/N-ethyl adjacent to an activating group) is 1. The van der Waals surface area contributed by atoms with Gasteiger partial charge in [-0.3, -0.25) is 27.8 Å². The van der Waals surface area contributed by atoms with Crippen molar-refractivity contribution in [2.24, 2.45) is 0 Å². The van der Waals surface area contributed by atoms with Gasteiger partial charge in [-0.15, -0.1) is 0 Å². The Morgan fingerprint density at radius 2 is 1.15 bits per heavy atom. The van der Waals surface area contributed by atoms with E-state index in [1.165, 1.54) is 36.4 Å². The Labute approximate surface area is 495 Å². The number of methoxy groups -OCH3 is 1. The van der Waals surface area contributed by atoms with E-state index in [2.05, 4.69) is 4.89 Å². The predicted octanol–water partition coefficient (Wildman–Crippen LogP) is 9.68. The lowest BCUT2D eigenvalue weighted by Gasteiger charge is -2.26. The number of ketones is 1. The van der Waals surface area contributed by atoms with Crippen LogP contribution in [0, 0.1) is 0 Å². The molecule has 0 spiro atoms. The minimum absolute atomic E-state index is 0.0204. The molecule has 6 aromatic rings. The number of hydrogen-bond donors (Lipinski definition) is 5. The second kappa shape index (κ2) is 25.1. The lowest BCUT2D eigenvalue weighted by molar-refractivity contribution is -0.438. The summed E-state index contributed by atoms with van der Waals surface area (Å²) < 4.78 is 179. The van der Waals surface area contributed by atoms with Crippen LogP contribution in [0.1, 0.15) is 84.3 Å². The first-order valence-electron chi connectivity index (χ1n) is 26.9. The number of nitrogens with one attached hydrogen (secondary N) is 1. The minimum atomic E-state index is -5.00. The maximum Gasteiger partial charge on any atom is 0.295 e. The van der Waals surface area contributed by atoms with Crippen LogP contribution in [0.15, 0.2) is 158 Å². The highest BCUT2D eigenvalue weighted by molar-refractivity contribution is 7.89. The van der Waals surface area contributed by atoms with Gasteiger partial charge in [-0.1, -0.05) is 67.3 Å². The summed E-state index contributed by atoms with van der Waals surface area (Å²) in [5.41, 5.74) is 3.65. The molecule has 8 rings (SSSR count). The Morgan fingerprint density at radius 3 is 1.72 bits per heavy atom. The van der Waals surface area contributed by atoms with E-state index in [4.69, 9.17) is 14.3 Å². The largest absolute Gasteiger partial charge is 0.497 e. The summed E-state index contributed by atoms with van der Waals surface area (Å²) in [6, 6.07) is 23.8. The first-order chi connectivity index (χ1) is 39.8. The lowest BCUT2D eigenvalue weighted by Crippen LogP contribution is -2.28. The van der Waals surface area contributed by atoms with Crippen LogP contribution in [0.4, 0.5) is 11.4 Å². The van der Waals surface area contributed by atoms with E-state index in [-0.39, 0.29) is 58.5 Å². The second-order valence-corrected chi connectivity index (χ2v) is 28.7. The molecular weight excluding hydrogens is 1200 g/mol. The molecule has 0 amide bonds. The Kier molecular flexibility index (Phi) is 19.0. The molecule has 2 aliphatic heterocycles. The van der Waals surface area contributed by atoms with Gasteiger partial charge in [-0.25, -0.2) is 8.42 Å². The SMILES string of the molecule is CCN1/C(=C/C=C/C=C/C2=[N+](CCCCCC(=O)CCCOCCONS(=O)(=O)c3ccc(-c4ccc(OC)cc4)cc3)c3ccc4c(S(=O)(=O)O)cc(S(=O)(=O)O)cc4c3C2(C)C)C(C)(C)c2c1ccc1c(S(=O)(=O)O)cc(S(=O)(=O)O)cc21. The van der Waals surface area contributed by atoms with E-state index in [1.807, 2.05) is 80.5 Å². The summed E-state index contributed by atoms with van der Waals surface area (Å²) >= 11 is 0. The molecule has 454 valence electrons. The van der Waals surface area contributed by atoms with E-state index >= 15 is 0 Å². The number of anilines is 1. The molecule has 0 saturated heterocycles. The first kappa shape index (κ1) is 64.5. The molecule has 0 aromatic heterocycles. The summed E-state index contributed by atoms with van der Waals surface area (Å²) in [6.07, 6.45) is 11.8. The smallest absolute Gasteiger partial charge is 0.295 e. The lowest BCUT2D eigenvalue weighted by atomic mass is 9.79. The van der Waals surface area contributed by atoms with Crippen molar-refractivity contribution in [1.82, 2.24) is 4.89 Å². The number of sulfonamides is 1. The number of allylic oxidation sites excluding steroid dienone is 6. The van der Waals surface area contributed by atoms with E-state index in [0.29, 0.717) is 91.3 Å². The third kappa shape index (κ3) is 14.0. The van der Waals surface area contributed by atoms with Crippen molar-refractivity contribution in [3.05, 3.63) is 144 Å². The van der Waals surface area contributed by atoms with Gasteiger partial charge >= 0.3 is 0 Å². The Morgan fingerprint density at radius 1 is 0.588 bits per heavy atom. The zero-order chi connectivity index (χ0) is 62.1. The van der Waals surface area contributed by atoms with Crippen LogP contribution in [0.3, 0.4) is 0 Å². The Hall–Kier alpha value is -6.53. The van der Waals surface area contributed by atoms with Gasteiger partial charge in [0.15, 0.2) is 5.71 Å². The summed E-state index contributed by atoms with van der Waals surface area (Å²) in [6.45, 7) is 10.5. The fourth-order valence-electron chi connectivity index (χ4n) is 11.2. The Bertz CT molecular complexity index is 4330. The molecule has 0 unspecified atom stereocenters. The van der Waals surface area contributed by atoms with Crippen LogP contribution in [0.2, 0.25) is 0 Å². The maximum absolute atomic E-state index is 12.9. The number of fused-ring (bicyclic) bond motifs is 6. The number of unbranched alkanes of at least 4 members (excludes halogenated alkanes) is 2. The van der Waals surface area contributed by atoms with Crippen molar-refractivity contribution < 1.29 is 84.0 Å². The van der Waals surface area contributed by atoms with Crippen molar-refractivity contribution >= 4 is 94.9 Å². The molecule has 21 nitrogen and oxygen atoms in total. The highest BCUT2D eigenvalue weighted by atomic mass is 32.2. The third-order valence-electron chi connectivity index (χ3n) is 15.2. The van der Waals surface area contributed by atoms with Crippen LogP contribution >= 0.6 is 0 Å². The summed E-state index contributed by atoms with van der Waals surface area (Å²) in [4.78, 5) is 19.4. The normalized spacial score (nSPS) is 15.9. The molecule has 0 saturated carbocycles. The average Bonchev–Trinajstić information content (AvgIpc) is 1.66. The zero-order valence-electron chi connectivity index (χ0n) is 47.3. The van der Waals surface area contributed by atoms with E-state index in [9.17, 15) is 65.1 Å². The number of nitrogens with zero attached hydrogens (tertiary/aromatic N) is 2. The molecule has 0 atom stereocenters. The number of Topliss-reactive ketones (excluding diaryl/α,β-unsaturated/α-hetero) is 1. The monoisotopic (exact) mass is 1260 g/mol. The van der Waals surface area contributed by atoms with E-state index in [0.717, 1.165) is 16.8 Å². The molecule has 0 aliphatic carbocycles. The highest BCUT2D eigenvalue weighted by Gasteiger charge is 2.46. The van der Waals surface area contributed by atoms with E-state index < -0.39 is 80.9 Å². The van der Waals surface area contributed by atoms with Crippen molar-refractivity contribution in [2.45, 2.75) is 108 Å². The van der Waals surface area contributed by atoms with Crippen LogP contribution in [-0.4, -0.2) is 116 Å². The molecule has 0 bridgehead atoms. The van der Waals surface area contributed by atoms with Gasteiger partial charge in [0.1, 0.15) is 27.9 Å². The summed E-state index contributed by atoms with van der Waals surface area (Å²) in [5, 5.41) is 0.443. The maximum atomic E-state index is 12.9. The van der Waals surface area contributed by atoms with Gasteiger partial charge in [-0.2, -0.15) is 38.2 Å². The molecule has 2 aliphatic rings. The fourth-order valence-corrected chi connectivity index (χ4v) is 14.7. The number of carbonyl (C=O) groups is 1. The van der Waals surface area contributed by atoms with Gasteiger partial charge < -0.3 is 14.4 Å². The van der Waals surface area contributed by atoms with Crippen molar-refractivity contribution in [3.8, 4) is 16.9 Å². The summed E-state index contributed by atoms with van der Waals surface area (Å²) in [5.74, 6) is 0.735. The van der Waals surface area contributed by atoms with Gasteiger partial charge in [0.2, 0.25) is 5.69 Å². The van der Waals surface area contributed by atoms with Crippen LogP contribution in [0.5, 0.6) is 5.75 Å². The molecule has 26 heteroatoms. The standard InChI is InChI=1S/C59H65N3O18S5/c1-7-61-50-29-27-46-48(35-44(82(66,67)68)37-52(46)84(72,73)74)56(50)58(2,3)54(61)17-11-8-12-18-55-59(4,5)57-49-36-45(83(69,70)71)38-53(85(75,76)77)47(49)28-30-51(57)62(55)31-13-9-10-15-41(63)16-14-32-79-33-34-80-60-81(64,65)43-25-21-40(22-26-43)39-19-23-42(78-6)24-20-39/h8,11-12,17-30,35-38,60H,7,9-10,13-16,31-34H2,1-6H3,(H3-,66,67,68,69,70,71,72,73,74,75,76,77)/p+1. The molecule has 6 aromatic carbocycles.